The van der Waals surface area contributed by atoms with E-state index in [1.807, 2.05) is 12.1 Å². The van der Waals surface area contributed by atoms with Crippen molar-refractivity contribution in [3.05, 3.63) is 71.8 Å². The second kappa shape index (κ2) is 9.08. The van der Waals surface area contributed by atoms with Crippen LogP contribution in [0.2, 0.25) is 0 Å². The predicted octanol–water partition coefficient (Wildman–Crippen LogP) is 4.20. The Morgan fingerprint density at radius 2 is 1.09 bits per heavy atom. The lowest BCUT2D eigenvalue weighted by atomic mass is 9.99. The summed E-state index contributed by atoms with van der Waals surface area (Å²) in [5.41, 5.74) is 14.5. The van der Waals surface area contributed by atoms with Gasteiger partial charge in [0, 0.05) is 22.1 Å². The molecule has 0 atom stereocenters. The highest BCUT2D eigenvalue weighted by Crippen LogP contribution is 2.33. The molecule has 0 saturated heterocycles. The summed E-state index contributed by atoms with van der Waals surface area (Å²) in [5.74, 6) is -1.09. The molecule has 7 nitrogen and oxygen atoms in total. The Balaban J connectivity index is 1.37. The maximum Gasteiger partial charge on any atom is 0.313 e. The number of nitrogen functional groups attached to an aromatic ring is 2. The van der Waals surface area contributed by atoms with Gasteiger partial charge in [0.2, 0.25) is 0 Å². The maximum atomic E-state index is 12.2. The molecule has 0 bridgehead atoms. The first-order valence-corrected chi connectivity index (χ1v) is 10.6. The molecule has 0 heterocycles. The Labute approximate surface area is 190 Å². The summed E-state index contributed by atoms with van der Waals surface area (Å²) >= 11 is 0. The molecule has 0 spiro atoms. The fourth-order valence-electron chi connectivity index (χ4n) is 4.09. The van der Waals surface area contributed by atoms with E-state index in [9.17, 15) is 19.8 Å². The van der Waals surface area contributed by atoms with Gasteiger partial charge in [-0.3, -0.25) is 9.59 Å². The van der Waals surface area contributed by atoms with Gasteiger partial charge in [-0.1, -0.05) is 36.4 Å². The van der Waals surface area contributed by atoms with Crippen molar-refractivity contribution >= 4 is 44.9 Å². The number of fused-ring (bicyclic) bond motifs is 2. The van der Waals surface area contributed by atoms with Crippen molar-refractivity contribution in [2.75, 3.05) is 11.5 Å². The second-order valence-corrected chi connectivity index (χ2v) is 7.87. The van der Waals surface area contributed by atoms with Gasteiger partial charge in [0.05, 0.1) is 12.8 Å². The van der Waals surface area contributed by atoms with Gasteiger partial charge in [-0.2, -0.15) is 0 Å². The van der Waals surface area contributed by atoms with Crippen LogP contribution >= 0.6 is 0 Å². The van der Waals surface area contributed by atoms with Crippen molar-refractivity contribution in [1.29, 1.82) is 0 Å². The number of carbonyl (C=O) groups excluding carboxylic acids is 2. The molecule has 0 amide bonds. The summed E-state index contributed by atoms with van der Waals surface area (Å²) in [5, 5.41) is 22.8. The number of phenols is 2. The highest BCUT2D eigenvalue weighted by Gasteiger charge is 2.15. The fraction of sp³-hybridized carbons (Fsp3) is 0.154. The number of phenolic OH excluding ortho intramolecular Hbond substituents is 2. The number of ether oxygens (including phenoxy) is 1. The molecular formula is C26H24N2O5. The highest BCUT2D eigenvalue weighted by atomic mass is 16.6. The van der Waals surface area contributed by atoms with Crippen LogP contribution in [0.1, 0.15) is 24.0 Å². The Bertz CT molecular complexity index is 1260. The lowest BCUT2D eigenvalue weighted by molar-refractivity contribution is -0.159. The lowest BCUT2D eigenvalue weighted by Crippen LogP contribution is -2.13. The zero-order valence-corrected chi connectivity index (χ0v) is 17.9. The standard InChI is InChI=1S/C26H24N2O5/c27-19-11-7-15(17-3-1-5-21(29)25(17)19)9-13-23(31)33-24(32)14-10-16-8-12-20(28)26-18(16)4-2-6-22(26)30/h1-8,11-12,29-30H,9-10,13-14,27-28H2. The number of aromatic hydroxyl groups is 2. The average molecular weight is 444 g/mol. The van der Waals surface area contributed by atoms with Crippen LogP contribution in [-0.4, -0.2) is 22.2 Å². The zero-order valence-electron chi connectivity index (χ0n) is 17.9. The molecule has 0 aliphatic rings. The minimum atomic E-state index is -0.620. The number of hydrogen-bond donors (Lipinski definition) is 4. The first kappa shape index (κ1) is 22.0. The molecule has 6 N–H and O–H groups in total. The number of esters is 2. The summed E-state index contributed by atoms with van der Waals surface area (Å²) in [4.78, 5) is 24.5. The van der Waals surface area contributed by atoms with Crippen LogP contribution in [0.5, 0.6) is 11.5 Å². The number of anilines is 2. The van der Waals surface area contributed by atoms with Crippen molar-refractivity contribution in [2.45, 2.75) is 25.7 Å². The minimum Gasteiger partial charge on any atom is -0.507 e. The minimum absolute atomic E-state index is 0.0130. The predicted molar refractivity (Wildman–Crippen MR) is 128 cm³/mol. The van der Waals surface area contributed by atoms with Gasteiger partial charge in [0.15, 0.2) is 0 Å². The first-order chi connectivity index (χ1) is 15.8. The van der Waals surface area contributed by atoms with Gasteiger partial charge in [-0.05, 0) is 59.0 Å². The van der Waals surface area contributed by atoms with Gasteiger partial charge in [-0.15, -0.1) is 0 Å². The summed E-state index contributed by atoms with van der Waals surface area (Å²) < 4.78 is 4.99. The highest BCUT2D eigenvalue weighted by molar-refractivity contribution is 6.00. The smallest absolute Gasteiger partial charge is 0.313 e. The van der Waals surface area contributed by atoms with Crippen LogP contribution in [0.3, 0.4) is 0 Å². The Morgan fingerprint density at radius 3 is 1.52 bits per heavy atom. The third kappa shape index (κ3) is 4.52. The normalized spacial score (nSPS) is 11.0. The number of carbonyl (C=O) groups is 2. The number of rotatable bonds is 6. The van der Waals surface area contributed by atoms with Crippen LogP contribution in [-0.2, 0) is 27.2 Å². The summed E-state index contributed by atoms with van der Waals surface area (Å²) in [7, 11) is 0. The fourth-order valence-corrected chi connectivity index (χ4v) is 4.09. The second-order valence-electron chi connectivity index (χ2n) is 7.87. The van der Waals surface area contributed by atoms with Gasteiger partial charge in [0.25, 0.3) is 0 Å². The molecule has 0 aliphatic heterocycles. The van der Waals surface area contributed by atoms with Gasteiger partial charge < -0.3 is 26.4 Å². The van der Waals surface area contributed by atoms with Crippen molar-refractivity contribution in [2.24, 2.45) is 0 Å². The molecule has 168 valence electrons. The number of hydrogen-bond acceptors (Lipinski definition) is 7. The van der Waals surface area contributed by atoms with E-state index in [0.717, 1.165) is 21.9 Å². The van der Waals surface area contributed by atoms with Gasteiger partial charge in [0.1, 0.15) is 11.5 Å². The van der Waals surface area contributed by atoms with E-state index in [4.69, 9.17) is 16.2 Å². The van der Waals surface area contributed by atoms with Crippen molar-refractivity contribution in [1.82, 2.24) is 0 Å². The van der Waals surface area contributed by atoms with E-state index >= 15 is 0 Å². The molecule has 7 heteroatoms. The molecule has 4 aromatic rings. The quantitative estimate of drug-likeness (QED) is 0.199. The topological polar surface area (TPSA) is 136 Å². The zero-order chi connectivity index (χ0) is 23.5. The van der Waals surface area contributed by atoms with Crippen LogP contribution in [0.25, 0.3) is 21.5 Å². The van der Waals surface area contributed by atoms with Gasteiger partial charge in [-0.25, -0.2) is 0 Å². The lowest BCUT2D eigenvalue weighted by Gasteiger charge is -2.11. The monoisotopic (exact) mass is 444 g/mol. The van der Waals surface area contributed by atoms with Crippen LogP contribution in [0.15, 0.2) is 60.7 Å². The number of benzene rings is 4. The Morgan fingerprint density at radius 1 is 0.667 bits per heavy atom. The van der Waals surface area contributed by atoms with E-state index in [0.29, 0.717) is 35.0 Å². The number of aryl methyl sites for hydroxylation is 2. The van der Waals surface area contributed by atoms with Crippen LogP contribution in [0.4, 0.5) is 11.4 Å². The molecule has 33 heavy (non-hydrogen) atoms. The van der Waals surface area contributed by atoms with Crippen molar-refractivity contribution in [3.8, 4) is 11.5 Å². The molecule has 0 aliphatic carbocycles. The van der Waals surface area contributed by atoms with Crippen LogP contribution < -0.4 is 11.5 Å². The van der Waals surface area contributed by atoms with Gasteiger partial charge >= 0.3 is 11.9 Å². The molecule has 0 fully saturated rings. The molecule has 0 radical (unpaired) electrons. The molecule has 0 aromatic heterocycles. The average Bonchev–Trinajstić information content (AvgIpc) is 2.78. The van der Waals surface area contributed by atoms with E-state index in [2.05, 4.69) is 0 Å². The molecule has 4 aromatic carbocycles. The molecule has 0 saturated carbocycles. The van der Waals surface area contributed by atoms with E-state index in [1.54, 1.807) is 48.5 Å². The van der Waals surface area contributed by atoms with E-state index in [1.165, 1.54) is 0 Å². The maximum absolute atomic E-state index is 12.2. The molecule has 0 unspecified atom stereocenters. The summed E-state index contributed by atoms with van der Waals surface area (Å²) in [6.45, 7) is 0. The molecular weight excluding hydrogens is 420 g/mol. The number of nitrogens with two attached hydrogens (primary N) is 2. The molecule has 4 rings (SSSR count). The van der Waals surface area contributed by atoms with E-state index in [-0.39, 0.29) is 24.3 Å². The summed E-state index contributed by atoms with van der Waals surface area (Å²) in [6, 6.07) is 17.2. The Kier molecular flexibility index (Phi) is 6.04. The summed E-state index contributed by atoms with van der Waals surface area (Å²) in [6.07, 6.45) is 0.709. The van der Waals surface area contributed by atoms with Crippen LogP contribution in [0, 0.1) is 0 Å². The van der Waals surface area contributed by atoms with E-state index < -0.39 is 11.9 Å². The largest absolute Gasteiger partial charge is 0.507 e. The Hall–Kier alpha value is -4.26. The van der Waals surface area contributed by atoms with Crippen molar-refractivity contribution < 1.29 is 24.5 Å². The SMILES string of the molecule is Nc1ccc(CCC(=O)OC(=O)CCc2ccc(N)c3c(O)cccc23)c2cccc(O)c12. The van der Waals surface area contributed by atoms with Crippen molar-refractivity contribution in [3.63, 3.8) is 0 Å². The third-order valence-electron chi connectivity index (χ3n) is 5.71. The first-order valence-electron chi connectivity index (χ1n) is 10.6. The third-order valence-corrected chi connectivity index (χ3v) is 5.71.